The van der Waals surface area contributed by atoms with Crippen LogP contribution < -0.4 is 15.5 Å². The average molecular weight is 522 g/mol. The van der Waals surface area contributed by atoms with Gasteiger partial charge >= 0.3 is 0 Å². The van der Waals surface area contributed by atoms with E-state index in [1.54, 1.807) is 16.5 Å². The number of likely N-dealkylation sites (tertiary alicyclic amines) is 1. The third kappa shape index (κ3) is 8.18. The molecule has 1 fully saturated rings. The van der Waals surface area contributed by atoms with Crippen LogP contribution in [-0.2, 0) is 20.9 Å². The fraction of sp³-hybridized carbons (Fsp3) is 0.433. The van der Waals surface area contributed by atoms with Crippen molar-refractivity contribution in [1.82, 2.24) is 15.7 Å². The van der Waals surface area contributed by atoms with Crippen molar-refractivity contribution in [2.24, 2.45) is 17.8 Å². The highest BCUT2D eigenvalue weighted by atomic mass is 16.5. The first-order chi connectivity index (χ1) is 18.3. The third-order valence-corrected chi connectivity index (χ3v) is 6.76. The van der Waals surface area contributed by atoms with Crippen LogP contribution in [0.4, 0.5) is 0 Å². The number of carbonyl (C=O) groups is 3. The summed E-state index contributed by atoms with van der Waals surface area (Å²) in [6.45, 7) is 8.63. The Morgan fingerprint density at radius 2 is 1.82 bits per heavy atom. The highest BCUT2D eigenvalue weighted by molar-refractivity contribution is 5.91. The Hall–Kier alpha value is -3.65. The zero-order chi connectivity index (χ0) is 27.5. The van der Waals surface area contributed by atoms with Crippen LogP contribution in [0.25, 0.3) is 0 Å². The number of nitrogens with zero attached hydrogens (tertiary/aromatic N) is 1. The van der Waals surface area contributed by atoms with Gasteiger partial charge in [0, 0.05) is 13.1 Å². The number of hydrogen-bond acceptors (Lipinski definition) is 5. The van der Waals surface area contributed by atoms with Crippen LogP contribution in [0, 0.1) is 17.8 Å². The van der Waals surface area contributed by atoms with Gasteiger partial charge in [0.15, 0.2) is 0 Å². The van der Waals surface area contributed by atoms with Crippen LogP contribution in [0.5, 0.6) is 11.5 Å². The van der Waals surface area contributed by atoms with Crippen LogP contribution in [0.2, 0.25) is 0 Å². The second-order valence-corrected chi connectivity index (χ2v) is 10.2. The molecule has 2 aromatic carbocycles. The van der Waals surface area contributed by atoms with Crippen molar-refractivity contribution in [1.29, 1.82) is 0 Å². The largest absolute Gasteiger partial charge is 0.457 e. The van der Waals surface area contributed by atoms with E-state index in [1.807, 2.05) is 68.4 Å². The monoisotopic (exact) mass is 521 g/mol. The summed E-state index contributed by atoms with van der Waals surface area (Å²) in [5, 5.41) is 12.2. The minimum Gasteiger partial charge on any atom is -0.457 e. The molecule has 8 heteroatoms. The molecule has 3 atom stereocenters. The fourth-order valence-corrected chi connectivity index (χ4v) is 4.91. The molecule has 0 aliphatic carbocycles. The van der Waals surface area contributed by atoms with Gasteiger partial charge in [-0.25, -0.2) is 5.48 Å². The predicted molar refractivity (Wildman–Crippen MR) is 145 cm³/mol. The van der Waals surface area contributed by atoms with Crippen molar-refractivity contribution in [2.75, 3.05) is 6.54 Å². The maximum absolute atomic E-state index is 13.5. The number of allylic oxidation sites excluding steroid dienone is 1. The van der Waals surface area contributed by atoms with Crippen molar-refractivity contribution in [3.05, 3.63) is 72.8 Å². The lowest BCUT2D eigenvalue weighted by molar-refractivity contribution is -0.142. The Morgan fingerprint density at radius 3 is 2.50 bits per heavy atom. The average Bonchev–Trinajstić information content (AvgIpc) is 3.07. The molecule has 0 spiro atoms. The molecular formula is C30H39N3O5. The molecule has 0 unspecified atom stereocenters. The number of hydrogen-bond donors (Lipinski definition) is 3. The van der Waals surface area contributed by atoms with E-state index >= 15 is 0 Å². The summed E-state index contributed by atoms with van der Waals surface area (Å²) in [5.41, 5.74) is 2.62. The Morgan fingerprint density at radius 1 is 1.08 bits per heavy atom. The number of para-hydroxylation sites is 1. The van der Waals surface area contributed by atoms with Gasteiger partial charge in [-0.15, -0.1) is 6.58 Å². The minimum absolute atomic E-state index is 0.135. The molecule has 3 amide bonds. The van der Waals surface area contributed by atoms with Gasteiger partial charge in [0.25, 0.3) is 0 Å². The molecule has 8 nitrogen and oxygen atoms in total. The molecule has 1 heterocycles. The molecule has 2 aromatic rings. The van der Waals surface area contributed by atoms with E-state index in [-0.39, 0.29) is 24.2 Å². The van der Waals surface area contributed by atoms with E-state index in [1.165, 1.54) is 0 Å². The number of amides is 3. The Balaban J connectivity index is 1.72. The smallest absolute Gasteiger partial charge is 0.247 e. The van der Waals surface area contributed by atoms with Crippen LogP contribution in [0.15, 0.2) is 67.3 Å². The van der Waals surface area contributed by atoms with E-state index in [2.05, 4.69) is 11.9 Å². The SMILES string of the molecule is C=CC[C@H](C(=O)NO)[C@@H](CC(C)C)C(=O)N[C@H]1CCCCN(Cc2cccc(Oc3ccccc3)c2)C1=O. The zero-order valence-electron chi connectivity index (χ0n) is 22.3. The van der Waals surface area contributed by atoms with Crippen molar-refractivity contribution in [3.8, 4) is 11.5 Å². The summed E-state index contributed by atoms with van der Waals surface area (Å²) >= 11 is 0. The molecule has 204 valence electrons. The van der Waals surface area contributed by atoms with Gasteiger partial charge in [-0.3, -0.25) is 19.6 Å². The van der Waals surface area contributed by atoms with Gasteiger partial charge < -0.3 is 15.0 Å². The Labute approximate surface area is 225 Å². The number of ether oxygens (including phenoxy) is 1. The standard InChI is InChI=1S/C30H39N3O5/c1-4-11-25(29(35)32-37)26(18-21(2)3)28(34)31-27-16-8-9-17-33(30(27)36)20-22-12-10-15-24(19-22)38-23-13-6-5-7-14-23/h4-7,10,12-15,19,21,25-27,37H,1,8-9,11,16-18,20H2,2-3H3,(H,31,34)(H,32,35)/t25-,26+,27-/m0/s1. The highest BCUT2D eigenvalue weighted by Gasteiger charge is 2.36. The predicted octanol–water partition coefficient (Wildman–Crippen LogP) is 4.84. The summed E-state index contributed by atoms with van der Waals surface area (Å²) in [4.78, 5) is 41.1. The van der Waals surface area contributed by atoms with Crippen LogP contribution in [0.1, 0.15) is 51.5 Å². The van der Waals surface area contributed by atoms with Gasteiger partial charge in [-0.2, -0.15) is 0 Å². The van der Waals surface area contributed by atoms with Gasteiger partial charge in [-0.05, 0) is 67.9 Å². The molecule has 38 heavy (non-hydrogen) atoms. The van der Waals surface area contributed by atoms with Crippen molar-refractivity contribution in [2.45, 2.75) is 58.5 Å². The lowest BCUT2D eigenvalue weighted by Gasteiger charge is -2.29. The zero-order valence-corrected chi connectivity index (χ0v) is 22.3. The molecule has 0 aromatic heterocycles. The molecule has 0 radical (unpaired) electrons. The number of hydroxylamine groups is 1. The third-order valence-electron chi connectivity index (χ3n) is 6.76. The molecule has 3 N–H and O–H groups in total. The second kappa shape index (κ2) is 14.3. The molecule has 1 saturated heterocycles. The summed E-state index contributed by atoms with van der Waals surface area (Å²) in [6.07, 6.45) is 4.41. The fourth-order valence-electron chi connectivity index (χ4n) is 4.91. The molecule has 3 rings (SSSR count). The molecule has 1 aliphatic heterocycles. The topological polar surface area (TPSA) is 108 Å². The van der Waals surface area contributed by atoms with E-state index in [4.69, 9.17) is 4.74 Å². The highest BCUT2D eigenvalue weighted by Crippen LogP contribution is 2.27. The first kappa shape index (κ1) is 28.9. The van der Waals surface area contributed by atoms with Crippen LogP contribution in [0.3, 0.4) is 0 Å². The number of benzene rings is 2. The normalized spacial score (nSPS) is 17.3. The van der Waals surface area contributed by atoms with E-state index < -0.39 is 23.8 Å². The van der Waals surface area contributed by atoms with Crippen LogP contribution in [-0.4, -0.2) is 40.4 Å². The Kier molecular flexibility index (Phi) is 10.9. The summed E-state index contributed by atoms with van der Waals surface area (Å²) < 4.78 is 5.94. The molecule has 0 bridgehead atoms. The molecule has 1 aliphatic rings. The lowest BCUT2D eigenvalue weighted by Crippen LogP contribution is -2.51. The van der Waals surface area contributed by atoms with Crippen molar-refractivity contribution < 1.29 is 24.3 Å². The maximum atomic E-state index is 13.5. The maximum Gasteiger partial charge on any atom is 0.247 e. The minimum atomic E-state index is -0.774. The first-order valence-electron chi connectivity index (χ1n) is 13.3. The number of carbonyl (C=O) groups excluding carboxylic acids is 3. The molecule has 0 saturated carbocycles. The molecular weight excluding hydrogens is 482 g/mol. The van der Waals surface area contributed by atoms with Gasteiger partial charge in [0.2, 0.25) is 17.7 Å². The summed E-state index contributed by atoms with van der Waals surface area (Å²) in [7, 11) is 0. The van der Waals surface area contributed by atoms with Crippen LogP contribution >= 0.6 is 0 Å². The number of nitrogens with one attached hydrogen (secondary N) is 2. The summed E-state index contributed by atoms with van der Waals surface area (Å²) in [6, 6.07) is 16.5. The number of rotatable bonds is 12. The quantitative estimate of drug-likeness (QED) is 0.211. The second-order valence-electron chi connectivity index (χ2n) is 10.2. The lowest BCUT2D eigenvalue weighted by atomic mass is 9.82. The van der Waals surface area contributed by atoms with Gasteiger partial charge in [0.05, 0.1) is 11.8 Å². The van der Waals surface area contributed by atoms with E-state index in [9.17, 15) is 19.6 Å². The summed E-state index contributed by atoms with van der Waals surface area (Å²) in [5.74, 6) is -1.03. The van der Waals surface area contributed by atoms with Crippen molar-refractivity contribution in [3.63, 3.8) is 0 Å². The Bertz CT molecular complexity index is 1090. The van der Waals surface area contributed by atoms with Gasteiger partial charge in [-0.1, -0.05) is 50.3 Å². The first-order valence-corrected chi connectivity index (χ1v) is 13.3. The van der Waals surface area contributed by atoms with E-state index in [0.717, 1.165) is 24.2 Å². The van der Waals surface area contributed by atoms with Gasteiger partial charge in [0.1, 0.15) is 17.5 Å². The van der Waals surface area contributed by atoms with E-state index in [0.29, 0.717) is 31.7 Å². The van der Waals surface area contributed by atoms with Crippen molar-refractivity contribution >= 4 is 17.7 Å².